The van der Waals surface area contributed by atoms with Gasteiger partial charge >= 0.3 is 5.97 Å². The van der Waals surface area contributed by atoms with Crippen LogP contribution in [0.2, 0.25) is 0 Å². The zero-order valence-electron chi connectivity index (χ0n) is 18.1. The Bertz CT molecular complexity index is 1110. The highest BCUT2D eigenvalue weighted by Gasteiger charge is 2.25. The molecule has 0 atom stereocenters. The van der Waals surface area contributed by atoms with Crippen molar-refractivity contribution in [3.8, 4) is 11.5 Å². The van der Waals surface area contributed by atoms with Crippen molar-refractivity contribution >= 4 is 33.5 Å². The molecule has 0 saturated carbocycles. The molecule has 0 fully saturated rings. The highest BCUT2D eigenvalue weighted by molar-refractivity contribution is 9.10. The van der Waals surface area contributed by atoms with E-state index >= 15 is 0 Å². The fraction of sp³-hybridized carbons (Fsp3) is 0.192. The van der Waals surface area contributed by atoms with E-state index in [1.165, 1.54) is 0 Å². The molecule has 170 valence electrons. The minimum absolute atomic E-state index is 0.0541. The number of esters is 1. The van der Waals surface area contributed by atoms with Crippen molar-refractivity contribution in [2.24, 2.45) is 0 Å². The van der Waals surface area contributed by atoms with Gasteiger partial charge in [-0.15, -0.1) is 0 Å². The maximum Gasteiger partial charge on any atom is 0.375 e. The number of ketones is 2. The van der Waals surface area contributed by atoms with Gasteiger partial charge in [0, 0.05) is 4.47 Å². The van der Waals surface area contributed by atoms with Crippen LogP contribution < -0.4 is 9.47 Å². The Morgan fingerprint density at radius 3 is 1.97 bits per heavy atom. The molecule has 0 heterocycles. The molecular formula is C26H23BrO6. The molecule has 33 heavy (non-hydrogen) atoms. The third-order valence-corrected chi connectivity index (χ3v) is 5.07. The number of ether oxygens (including phenoxy) is 3. The number of hydrogen-bond acceptors (Lipinski definition) is 6. The van der Waals surface area contributed by atoms with E-state index in [0.717, 1.165) is 11.1 Å². The fourth-order valence-electron chi connectivity index (χ4n) is 3.02. The van der Waals surface area contributed by atoms with Crippen LogP contribution in [-0.4, -0.2) is 24.1 Å². The van der Waals surface area contributed by atoms with Crippen molar-refractivity contribution in [2.45, 2.75) is 26.6 Å². The van der Waals surface area contributed by atoms with Gasteiger partial charge in [0.25, 0.3) is 0 Å². The number of carbonyl (C=O) groups is 3. The summed E-state index contributed by atoms with van der Waals surface area (Å²) in [6.45, 7) is 2.09. The Kier molecular flexibility index (Phi) is 8.78. The minimum Gasteiger partial charge on any atom is -0.485 e. The summed E-state index contributed by atoms with van der Waals surface area (Å²) in [7, 11) is 0. The molecule has 0 aliphatic carbocycles. The molecule has 0 radical (unpaired) electrons. The van der Waals surface area contributed by atoms with Crippen LogP contribution in [-0.2, 0) is 27.5 Å². The van der Waals surface area contributed by atoms with Crippen LogP contribution in [0.3, 0.4) is 0 Å². The van der Waals surface area contributed by atoms with E-state index < -0.39 is 24.0 Å². The highest BCUT2D eigenvalue weighted by atomic mass is 79.9. The van der Waals surface area contributed by atoms with E-state index in [9.17, 15) is 14.4 Å². The van der Waals surface area contributed by atoms with Crippen LogP contribution in [0.5, 0.6) is 11.5 Å². The van der Waals surface area contributed by atoms with Gasteiger partial charge in [-0.25, -0.2) is 4.79 Å². The molecule has 0 aromatic heterocycles. The first kappa shape index (κ1) is 24.2. The van der Waals surface area contributed by atoms with E-state index in [0.29, 0.717) is 10.2 Å². The molecule has 0 spiro atoms. The van der Waals surface area contributed by atoms with Crippen molar-refractivity contribution in [3.63, 3.8) is 0 Å². The molecular weight excluding hydrogens is 488 g/mol. The first-order valence-electron chi connectivity index (χ1n) is 10.4. The van der Waals surface area contributed by atoms with Crippen LogP contribution in [0, 0.1) is 0 Å². The second-order valence-corrected chi connectivity index (χ2v) is 7.99. The second-order valence-electron chi connectivity index (χ2n) is 7.07. The Morgan fingerprint density at radius 1 is 0.818 bits per heavy atom. The summed E-state index contributed by atoms with van der Waals surface area (Å²) in [6.07, 6.45) is -0.630. The van der Waals surface area contributed by atoms with Crippen molar-refractivity contribution < 1.29 is 28.6 Å². The smallest absolute Gasteiger partial charge is 0.375 e. The number of halogens is 1. The zero-order valence-corrected chi connectivity index (χ0v) is 19.7. The molecule has 6 nitrogen and oxygen atoms in total. The molecule has 0 N–H and O–H groups in total. The van der Waals surface area contributed by atoms with Crippen molar-refractivity contribution in [1.82, 2.24) is 0 Å². The van der Waals surface area contributed by atoms with Crippen LogP contribution in [0.25, 0.3) is 0 Å². The molecule has 7 heteroatoms. The van der Waals surface area contributed by atoms with Gasteiger partial charge in [-0.2, -0.15) is 0 Å². The highest BCUT2D eigenvalue weighted by Crippen LogP contribution is 2.37. The van der Waals surface area contributed by atoms with Gasteiger partial charge < -0.3 is 14.2 Å². The van der Waals surface area contributed by atoms with Gasteiger partial charge in [-0.1, -0.05) is 76.6 Å². The first-order valence-corrected chi connectivity index (χ1v) is 11.2. The molecule has 3 aromatic carbocycles. The topological polar surface area (TPSA) is 78.9 Å². The minimum atomic E-state index is -1.03. The van der Waals surface area contributed by atoms with Crippen LogP contribution in [0.15, 0.2) is 77.3 Å². The summed E-state index contributed by atoms with van der Waals surface area (Å²) in [5.74, 6) is -1.96. The Balaban J connectivity index is 1.90. The van der Waals surface area contributed by atoms with Gasteiger partial charge in [0.2, 0.25) is 5.78 Å². The normalized spacial score (nSPS) is 10.4. The number of benzene rings is 3. The summed E-state index contributed by atoms with van der Waals surface area (Å²) in [5.41, 5.74) is 1.98. The van der Waals surface area contributed by atoms with Crippen molar-refractivity contribution in [3.05, 3.63) is 94.0 Å². The summed E-state index contributed by atoms with van der Waals surface area (Å²) in [5, 5.41) is 0. The molecule has 3 rings (SSSR count). The van der Waals surface area contributed by atoms with E-state index in [2.05, 4.69) is 15.9 Å². The van der Waals surface area contributed by atoms with Gasteiger partial charge in [0.1, 0.15) is 13.2 Å². The Labute approximate surface area is 200 Å². The first-order chi connectivity index (χ1) is 16.0. The third kappa shape index (κ3) is 7.02. The quantitative estimate of drug-likeness (QED) is 0.150. The lowest BCUT2D eigenvalue weighted by molar-refractivity contribution is -0.153. The second kappa shape index (κ2) is 12.0. The van der Waals surface area contributed by atoms with E-state index in [4.69, 9.17) is 14.2 Å². The number of hydrogen-bond donors (Lipinski definition) is 0. The van der Waals surface area contributed by atoms with Gasteiger partial charge in [0.15, 0.2) is 17.3 Å². The molecule has 0 amide bonds. The summed E-state index contributed by atoms with van der Waals surface area (Å²) < 4.78 is 17.3. The maximum absolute atomic E-state index is 13.0. The lowest BCUT2D eigenvalue weighted by Crippen LogP contribution is -2.21. The lowest BCUT2D eigenvalue weighted by atomic mass is 10.0. The molecule has 3 aromatic rings. The fourth-order valence-corrected chi connectivity index (χ4v) is 3.46. The van der Waals surface area contributed by atoms with E-state index in [1.807, 2.05) is 60.7 Å². The van der Waals surface area contributed by atoms with Crippen LogP contribution in [0.1, 0.15) is 34.8 Å². The molecule has 0 unspecified atom stereocenters. The van der Waals surface area contributed by atoms with Crippen LogP contribution in [0.4, 0.5) is 0 Å². The summed E-state index contributed by atoms with van der Waals surface area (Å²) in [6, 6.07) is 22.3. The molecule has 0 aliphatic rings. The summed E-state index contributed by atoms with van der Waals surface area (Å²) in [4.78, 5) is 36.8. The Morgan fingerprint density at radius 2 is 1.39 bits per heavy atom. The molecule has 0 saturated heterocycles. The van der Waals surface area contributed by atoms with Crippen molar-refractivity contribution in [1.29, 1.82) is 0 Å². The van der Waals surface area contributed by atoms with E-state index in [1.54, 1.807) is 19.1 Å². The monoisotopic (exact) mass is 510 g/mol. The Hall–Kier alpha value is -3.45. The van der Waals surface area contributed by atoms with Gasteiger partial charge in [-0.3, -0.25) is 9.59 Å². The number of carbonyl (C=O) groups excluding carboxylic acids is 3. The summed E-state index contributed by atoms with van der Waals surface area (Å²) >= 11 is 3.39. The molecule has 0 bridgehead atoms. The predicted octanol–water partition coefficient (Wildman–Crippen LogP) is 5.31. The van der Waals surface area contributed by atoms with Crippen molar-refractivity contribution in [2.75, 3.05) is 6.61 Å². The maximum atomic E-state index is 13.0. The SMILES string of the molecule is CCOC(=O)C(=O)CC(=O)c1cc(Br)cc(OCc2ccccc2)c1OCc1ccccc1. The number of Topliss-reactive ketones (excluding diaryl/α,β-unsaturated/α-hetero) is 2. The van der Waals surface area contributed by atoms with Gasteiger partial charge in [-0.05, 0) is 30.2 Å². The van der Waals surface area contributed by atoms with Crippen LogP contribution >= 0.6 is 15.9 Å². The predicted molar refractivity (Wildman–Crippen MR) is 126 cm³/mol. The van der Waals surface area contributed by atoms with Gasteiger partial charge in [0.05, 0.1) is 18.6 Å². The average Bonchev–Trinajstić information content (AvgIpc) is 2.83. The molecule has 0 aliphatic heterocycles. The largest absolute Gasteiger partial charge is 0.485 e. The van der Waals surface area contributed by atoms with E-state index in [-0.39, 0.29) is 31.1 Å². The lowest BCUT2D eigenvalue weighted by Gasteiger charge is -2.17. The standard InChI is InChI=1S/C26H23BrO6/c1-2-31-26(30)23(29)15-22(28)21-13-20(27)14-24(32-16-18-9-5-3-6-10-18)25(21)33-17-19-11-7-4-8-12-19/h3-14H,2,15-17H2,1H3. The zero-order chi connectivity index (χ0) is 23.6. The average molecular weight is 511 g/mol. The number of rotatable bonds is 11. The third-order valence-electron chi connectivity index (χ3n) is 4.61.